The molecule has 0 aliphatic rings. The minimum Gasteiger partial charge on any atom is -0.481 e. The summed E-state index contributed by atoms with van der Waals surface area (Å²) in [6.45, 7) is 0.0111. The Hall–Kier alpha value is -4.21. The molecular formula is C17H17F3N6O6S. The first kappa shape index (κ1) is 26.8. The third-order valence-electron chi connectivity index (χ3n) is 3.20. The van der Waals surface area contributed by atoms with Gasteiger partial charge in [0.25, 0.3) is 11.8 Å². The van der Waals surface area contributed by atoms with Crippen LogP contribution in [0.1, 0.15) is 27.3 Å². The standard InChI is InChI=1S/C15H16N6O4S.C2HF3O2/c16-14(17)21-15-20-10(7-26-15)13(25)19-9-3-1-2-8(6-9)12(24)18-5-4-11(22)23;3-2(4,5)1(6)7/h1-3,6-7H,4-5H2,(H,18,24)(H,19,25)(H,22,23)(H4,16,17,20,21);(H,6,7). The average Bonchev–Trinajstić information content (AvgIpc) is 3.15. The molecule has 0 aliphatic carbocycles. The molecule has 2 aromatic rings. The lowest BCUT2D eigenvalue weighted by molar-refractivity contribution is -0.192. The zero-order valence-corrected chi connectivity index (χ0v) is 17.2. The number of nitrogens with two attached hydrogens (primary N) is 2. The number of amides is 2. The van der Waals surface area contributed by atoms with Gasteiger partial charge in [-0.2, -0.15) is 18.2 Å². The van der Waals surface area contributed by atoms with Gasteiger partial charge < -0.3 is 32.3 Å². The van der Waals surface area contributed by atoms with Gasteiger partial charge in [-0.05, 0) is 18.2 Å². The zero-order chi connectivity index (χ0) is 25.2. The maximum atomic E-state index is 12.2. The molecule has 2 amide bonds. The summed E-state index contributed by atoms with van der Waals surface area (Å²) in [7, 11) is 0. The Labute approximate surface area is 187 Å². The van der Waals surface area contributed by atoms with Crippen molar-refractivity contribution in [3.05, 3.63) is 40.9 Å². The molecule has 8 N–H and O–H groups in total. The van der Waals surface area contributed by atoms with E-state index in [1.54, 1.807) is 18.2 Å². The Bertz CT molecular complexity index is 1050. The number of carbonyl (C=O) groups excluding carboxylic acids is 2. The largest absolute Gasteiger partial charge is 0.490 e. The summed E-state index contributed by atoms with van der Waals surface area (Å²) in [6, 6.07) is 6.21. The molecule has 16 heteroatoms. The highest BCUT2D eigenvalue weighted by Crippen LogP contribution is 2.20. The topological polar surface area (TPSA) is 210 Å². The monoisotopic (exact) mass is 490 g/mol. The first-order valence-electron chi connectivity index (χ1n) is 8.56. The number of carbonyl (C=O) groups is 4. The number of aliphatic carboxylic acids is 2. The van der Waals surface area contributed by atoms with Crippen LogP contribution in [0, 0.1) is 0 Å². The van der Waals surface area contributed by atoms with Gasteiger partial charge >= 0.3 is 18.1 Å². The number of thiazole rings is 1. The normalized spacial score (nSPS) is 10.3. The van der Waals surface area contributed by atoms with Crippen LogP contribution in [0.5, 0.6) is 0 Å². The predicted octanol–water partition coefficient (Wildman–Crippen LogP) is 1.14. The quantitative estimate of drug-likeness (QED) is 0.242. The number of aromatic nitrogens is 1. The van der Waals surface area contributed by atoms with Gasteiger partial charge in [-0.25, -0.2) is 9.78 Å². The van der Waals surface area contributed by atoms with Crippen LogP contribution in [0.3, 0.4) is 0 Å². The number of carboxylic acid groups (broad SMARTS) is 2. The second-order valence-corrected chi connectivity index (χ2v) is 6.63. The van der Waals surface area contributed by atoms with E-state index in [9.17, 15) is 27.6 Å². The number of alkyl halides is 3. The minimum absolute atomic E-state index is 0.0111. The van der Waals surface area contributed by atoms with Gasteiger partial charge in [-0.1, -0.05) is 6.07 Å². The molecule has 0 radical (unpaired) electrons. The highest BCUT2D eigenvalue weighted by atomic mass is 32.1. The van der Waals surface area contributed by atoms with Crippen LogP contribution in [-0.2, 0) is 9.59 Å². The number of aliphatic imine (C=N–C) groups is 1. The molecule has 33 heavy (non-hydrogen) atoms. The van der Waals surface area contributed by atoms with Crippen molar-refractivity contribution in [1.29, 1.82) is 0 Å². The summed E-state index contributed by atoms with van der Waals surface area (Å²) in [5.41, 5.74) is 11.3. The smallest absolute Gasteiger partial charge is 0.481 e. The van der Waals surface area contributed by atoms with E-state index < -0.39 is 29.9 Å². The molecule has 0 spiro atoms. The van der Waals surface area contributed by atoms with E-state index in [4.69, 9.17) is 26.5 Å². The first-order valence-corrected chi connectivity index (χ1v) is 9.44. The first-order chi connectivity index (χ1) is 15.3. The number of halogens is 3. The third-order valence-corrected chi connectivity index (χ3v) is 3.93. The maximum absolute atomic E-state index is 12.2. The van der Waals surface area contributed by atoms with Crippen molar-refractivity contribution in [2.45, 2.75) is 12.6 Å². The molecule has 0 unspecified atom stereocenters. The minimum atomic E-state index is -5.08. The average molecular weight is 490 g/mol. The summed E-state index contributed by atoms with van der Waals surface area (Å²) in [6.07, 6.45) is -5.26. The Balaban J connectivity index is 0.000000675. The van der Waals surface area contributed by atoms with Gasteiger partial charge in [-0.15, -0.1) is 11.3 Å². The molecule has 1 heterocycles. The maximum Gasteiger partial charge on any atom is 0.490 e. The van der Waals surface area contributed by atoms with E-state index in [2.05, 4.69) is 20.6 Å². The van der Waals surface area contributed by atoms with Crippen molar-refractivity contribution in [3.8, 4) is 0 Å². The van der Waals surface area contributed by atoms with E-state index in [1.807, 2.05) is 0 Å². The number of carboxylic acids is 2. The van der Waals surface area contributed by atoms with Gasteiger partial charge in [0.15, 0.2) is 5.96 Å². The predicted molar refractivity (Wildman–Crippen MR) is 110 cm³/mol. The fraction of sp³-hybridized carbons (Fsp3) is 0.176. The number of guanidine groups is 1. The second-order valence-electron chi connectivity index (χ2n) is 5.79. The van der Waals surface area contributed by atoms with Crippen LogP contribution in [-0.4, -0.2) is 57.6 Å². The summed E-state index contributed by atoms with van der Waals surface area (Å²) < 4.78 is 31.7. The SMILES string of the molecule is NC(N)=Nc1nc(C(=O)Nc2cccc(C(=O)NCCC(=O)O)c2)cs1.O=C(O)C(F)(F)F. The number of hydrogen-bond acceptors (Lipinski definition) is 7. The van der Waals surface area contributed by atoms with E-state index in [0.717, 1.165) is 11.3 Å². The Kier molecular flexibility index (Phi) is 9.74. The number of hydrogen-bond donors (Lipinski definition) is 6. The highest BCUT2D eigenvalue weighted by Gasteiger charge is 2.38. The zero-order valence-electron chi connectivity index (χ0n) is 16.4. The lowest BCUT2D eigenvalue weighted by Crippen LogP contribution is -2.26. The van der Waals surface area contributed by atoms with Crippen LogP contribution < -0.4 is 22.1 Å². The Morgan fingerprint density at radius 3 is 2.30 bits per heavy atom. The van der Waals surface area contributed by atoms with Gasteiger partial charge in [0.05, 0.1) is 6.42 Å². The van der Waals surface area contributed by atoms with E-state index >= 15 is 0 Å². The van der Waals surface area contributed by atoms with Crippen LogP contribution in [0.15, 0.2) is 34.6 Å². The van der Waals surface area contributed by atoms with Crippen molar-refractivity contribution in [2.24, 2.45) is 16.5 Å². The lowest BCUT2D eigenvalue weighted by atomic mass is 10.2. The van der Waals surface area contributed by atoms with Crippen LogP contribution in [0.2, 0.25) is 0 Å². The van der Waals surface area contributed by atoms with Gasteiger partial charge in [0.2, 0.25) is 5.13 Å². The van der Waals surface area contributed by atoms with Gasteiger partial charge in [0, 0.05) is 23.2 Å². The number of nitrogens with zero attached hydrogens (tertiary/aromatic N) is 2. The van der Waals surface area contributed by atoms with E-state index in [0.29, 0.717) is 5.69 Å². The summed E-state index contributed by atoms with van der Waals surface area (Å²) in [5.74, 6) is -4.84. The van der Waals surface area contributed by atoms with Gasteiger partial charge in [0.1, 0.15) is 5.69 Å². The lowest BCUT2D eigenvalue weighted by Gasteiger charge is -2.07. The number of nitrogens with one attached hydrogen (secondary N) is 2. The Morgan fingerprint density at radius 1 is 1.12 bits per heavy atom. The number of benzene rings is 1. The summed E-state index contributed by atoms with van der Waals surface area (Å²) in [4.78, 5) is 51.3. The fourth-order valence-corrected chi connectivity index (χ4v) is 2.53. The summed E-state index contributed by atoms with van der Waals surface area (Å²) >= 11 is 1.10. The van der Waals surface area contributed by atoms with Gasteiger partial charge in [-0.3, -0.25) is 14.4 Å². The van der Waals surface area contributed by atoms with Crippen molar-refractivity contribution in [3.63, 3.8) is 0 Å². The molecule has 0 saturated carbocycles. The van der Waals surface area contributed by atoms with Crippen molar-refractivity contribution in [1.82, 2.24) is 10.3 Å². The highest BCUT2D eigenvalue weighted by molar-refractivity contribution is 7.13. The molecule has 0 saturated heterocycles. The molecule has 12 nitrogen and oxygen atoms in total. The molecule has 1 aromatic heterocycles. The van der Waals surface area contributed by atoms with Crippen LogP contribution in [0.25, 0.3) is 0 Å². The molecule has 1 aromatic carbocycles. The van der Waals surface area contributed by atoms with E-state index in [1.165, 1.54) is 11.4 Å². The molecule has 178 valence electrons. The molecule has 0 aliphatic heterocycles. The van der Waals surface area contributed by atoms with Crippen molar-refractivity contribution in [2.75, 3.05) is 11.9 Å². The Morgan fingerprint density at radius 2 is 1.76 bits per heavy atom. The van der Waals surface area contributed by atoms with Crippen LogP contribution >= 0.6 is 11.3 Å². The number of rotatable bonds is 7. The second kappa shape index (κ2) is 12.0. The third kappa shape index (κ3) is 10.1. The molecule has 2 rings (SSSR count). The summed E-state index contributed by atoms with van der Waals surface area (Å²) in [5, 5.41) is 22.5. The van der Waals surface area contributed by atoms with Crippen molar-refractivity contribution >= 4 is 51.9 Å². The molecule has 0 fully saturated rings. The number of anilines is 1. The molecular weight excluding hydrogens is 473 g/mol. The fourth-order valence-electron chi connectivity index (χ4n) is 1.85. The van der Waals surface area contributed by atoms with E-state index in [-0.39, 0.29) is 35.3 Å². The molecule has 0 bridgehead atoms. The molecule has 0 atom stereocenters. The van der Waals surface area contributed by atoms with Crippen LogP contribution in [0.4, 0.5) is 24.0 Å². The van der Waals surface area contributed by atoms with Crippen molar-refractivity contribution < 1.29 is 42.6 Å².